The maximum atomic E-state index is 13.1. The Morgan fingerprint density at radius 3 is 2.61 bits per heavy atom. The summed E-state index contributed by atoms with van der Waals surface area (Å²) in [5.74, 6) is 0.715. The van der Waals surface area contributed by atoms with Gasteiger partial charge in [-0.3, -0.25) is 19.3 Å². The molecule has 2 aromatic rings. The van der Waals surface area contributed by atoms with Crippen molar-refractivity contribution in [2.45, 2.75) is 51.5 Å². The highest BCUT2D eigenvalue weighted by Gasteiger charge is 2.45. The molecule has 2 aromatic heterocycles. The van der Waals surface area contributed by atoms with Crippen LogP contribution >= 0.6 is 0 Å². The first-order chi connectivity index (χ1) is 15.0. The van der Waals surface area contributed by atoms with Crippen LogP contribution in [0.1, 0.15) is 53.5 Å². The van der Waals surface area contributed by atoms with Gasteiger partial charge in [-0.15, -0.1) is 0 Å². The summed E-state index contributed by atoms with van der Waals surface area (Å²) in [6.45, 7) is 8.79. The number of nitrogens with zero attached hydrogens (tertiary/aromatic N) is 5. The lowest BCUT2D eigenvalue weighted by Crippen LogP contribution is -2.45. The highest BCUT2D eigenvalue weighted by atomic mass is 16.5. The number of carbonyl (C=O) groups is 1. The average molecular weight is 427 g/mol. The first-order valence-electron chi connectivity index (χ1n) is 11.3. The Bertz CT molecular complexity index is 1040. The number of ether oxygens (including phenoxy) is 1. The largest absolute Gasteiger partial charge is 0.378 e. The van der Waals surface area contributed by atoms with Crippen LogP contribution in [-0.2, 0) is 23.1 Å². The van der Waals surface area contributed by atoms with Crippen molar-refractivity contribution in [1.82, 2.24) is 24.6 Å². The van der Waals surface area contributed by atoms with Crippen molar-refractivity contribution in [1.29, 1.82) is 0 Å². The minimum atomic E-state index is -0.107. The fraction of sp³-hybridized carbons (Fsp3) is 0.636. The van der Waals surface area contributed by atoms with Crippen molar-refractivity contribution in [2.24, 2.45) is 0 Å². The third-order valence-electron chi connectivity index (χ3n) is 7.18. The quantitative estimate of drug-likeness (QED) is 0.794. The van der Waals surface area contributed by atoms with E-state index >= 15 is 0 Å². The van der Waals surface area contributed by atoms with Crippen molar-refractivity contribution in [3.8, 4) is 0 Å². The summed E-state index contributed by atoms with van der Waals surface area (Å²) in [7, 11) is 0. The van der Waals surface area contributed by atoms with Gasteiger partial charge in [-0.25, -0.2) is 4.98 Å². The van der Waals surface area contributed by atoms with Gasteiger partial charge in [0, 0.05) is 49.9 Å². The van der Waals surface area contributed by atoms with Crippen molar-refractivity contribution in [2.75, 3.05) is 44.3 Å². The first kappa shape index (κ1) is 20.2. The highest BCUT2D eigenvalue weighted by Crippen LogP contribution is 2.44. The lowest BCUT2D eigenvalue weighted by atomic mass is 9.76. The summed E-state index contributed by atoms with van der Waals surface area (Å²) in [4.78, 5) is 37.9. The van der Waals surface area contributed by atoms with Crippen LogP contribution in [0.5, 0.6) is 0 Å². The molecule has 1 aliphatic carbocycles. The number of amides is 1. The monoisotopic (exact) mass is 426 g/mol. The molecule has 9 nitrogen and oxygen atoms in total. The van der Waals surface area contributed by atoms with Crippen molar-refractivity contribution in [3.05, 3.63) is 39.1 Å². The summed E-state index contributed by atoms with van der Waals surface area (Å²) in [6.07, 6.45) is 5.22. The van der Waals surface area contributed by atoms with Crippen molar-refractivity contribution >= 4 is 11.9 Å². The Morgan fingerprint density at radius 2 is 1.94 bits per heavy atom. The molecular weight excluding hydrogens is 396 g/mol. The second-order valence-corrected chi connectivity index (χ2v) is 8.87. The Hall–Kier alpha value is -2.68. The summed E-state index contributed by atoms with van der Waals surface area (Å²) in [5.41, 5.74) is 3.14. The van der Waals surface area contributed by atoms with Crippen LogP contribution < -0.4 is 10.5 Å². The van der Waals surface area contributed by atoms with Crippen LogP contribution in [0.4, 0.5) is 5.95 Å². The van der Waals surface area contributed by atoms with E-state index in [2.05, 4.69) is 15.0 Å². The molecule has 1 amide bonds. The topological polar surface area (TPSA) is 96.4 Å². The van der Waals surface area contributed by atoms with Gasteiger partial charge >= 0.3 is 0 Å². The van der Waals surface area contributed by atoms with Gasteiger partial charge in [0.05, 0.1) is 30.2 Å². The van der Waals surface area contributed by atoms with E-state index in [1.165, 1.54) is 0 Å². The number of fused-ring (bicyclic) bond motifs is 2. The Morgan fingerprint density at radius 1 is 1.19 bits per heavy atom. The average Bonchev–Trinajstić information content (AvgIpc) is 3.35. The number of nitrogens with one attached hydrogen (secondary N) is 1. The lowest BCUT2D eigenvalue weighted by molar-refractivity contribution is 0.0662. The molecule has 0 saturated carbocycles. The normalized spacial score (nSPS) is 20.3. The van der Waals surface area contributed by atoms with Crippen LogP contribution in [0, 0.1) is 6.92 Å². The number of piperidine rings is 1. The maximum Gasteiger partial charge on any atom is 0.257 e. The van der Waals surface area contributed by atoms with Gasteiger partial charge < -0.3 is 14.5 Å². The van der Waals surface area contributed by atoms with Crippen LogP contribution in [0.2, 0.25) is 0 Å². The van der Waals surface area contributed by atoms with Gasteiger partial charge in [0.25, 0.3) is 11.5 Å². The van der Waals surface area contributed by atoms with Gasteiger partial charge in [0.2, 0.25) is 5.95 Å². The molecule has 166 valence electrons. The number of anilines is 1. The van der Waals surface area contributed by atoms with E-state index in [0.29, 0.717) is 37.8 Å². The summed E-state index contributed by atoms with van der Waals surface area (Å²) >= 11 is 0. The van der Waals surface area contributed by atoms with E-state index in [0.717, 1.165) is 62.3 Å². The summed E-state index contributed by atoms with van der Waals surface area (Å²) < 4.78 is 7.25. The SMILES string of the molecule is CCn1cc(C(=O)N2CCC3(CCc4c3nc(N3CCOCC3)[nH]c4=O)CC2)c(C)n1. The third kappa shape index (κ3) is 3.44. The second kappa shape index (κ2) is 7.78. The van der Waals surface area contributed by atoms with Crippen LogP contribution in [0.15, 0.2) is 11.0 Å². The highest BCUT2D eigenvalue weighted by molar-refractivity contribution is 5.95. The van der Waals surface area contributed by atoms with Gasteiger partial charge in [-0.2, -0.15) is 5.10 Å². The third-order valence-corrected chi connectivity index (χ3v) is 7.18. The molecule has 9 heteroatoms. The molecule has 0 bridgehead atoms. The molecule has 5 rings (SSSR count). The predicted octanol–water partition coefficient (Wildman–Crippen LogP) is 1.25. The van der Waals surface area contributed by atoms with Gasteiger partial charge in [-0.05, 0) is 39.5 Å². The fourth-order valence-corrected chi connectivity index (χ4v) is 5.25. The molecule has 2 saturated heterocycles. The van der Waals surface area contributed by atoms with Crippen LogP contribution in [-0.4, -0.2) is 69.9 Å². The molecule has 2 fully saturated rings. The van der Waals surface area contributed by atoms with Gasteiger partial charge in [-0.1, -0.05) is 0 Å². The molecular formula is C22H30N6O3. The standard InChI is InChI=1S/C22H30N6O3/c1-3-28-14-17(15(2)25-28)20(30)26-8-6-22(7-9-26)5-4-16-18(22)23-21(24-19(16)29)27-10-12-31-13-11-27/h14H,3-13H2,1-2H3,(H,23,24,29). The molecule has 0 atom stereocenters. The van der Waals surface area contributed by atoms with E-state index in [9.17, 15) is 9.59 Å². The molecule has 0 aromatic carbocycles. The Kier molecular flexibility index (Phi) is 5.08. The zero-order valence-corrected chi connectivity index (χ0v) is 18.3. The van der Waals surface area contributed by atoms with Crippen LogP contribution in [0.25, 0.3) is 0 Å². The molecule has 0 radical (unpaired) electrons. The van der Waals surface area contributed by atoms with Gasteiger partial charge in [0.15, 0.2) is 0 Å². The van der Waals surface area contributed by atoms with E-state index in [-0.39, 0.29) is 16.9 Å². The van der Waals surface area contributed by atoms with Crippen molar-refractivity contribution < 1.29 is 9.53 Å². The first-order valence-corrected chi connectivity index (χ1v) is 11.3. The number of aromatic amines is 1. The maximum absolute atomic E-state index is 13.1. The smallest absolute Gasteiger partial charge is 0.257 e. The van der Waals surface area contributed by atoms with E-state index in [1.807, 2.05) is 29.6 Å². The fourth-order valence-electron chi connectivity index (χ4n) is 5.25. The zero-order valence-electron chi connectivity index (χ0n) is 18.3. The lowest BCUT2D eigenvalue weighted by Gasteiger charge is -2.39. The number of likely N-dealkylation sites (tertiary alicyclic amines) is 1. The number of H-pyrrole nitrogens is 1. The number of hydrogen-bond acceptors (Lipinski definition) is 6. The second-order valence-electron chi connectivity index (χ2n) is 8.87. The molecule has 2 aliphatic heterocycles. The minimum Gasteiger partial charge on any atom is -0.378 e. The molecule has 31 heavy (non-hydrogen) atoms. The van der Waals surface area contributed by atoms with Crippen LogP contribution in [0.3, 0.4) is 0 Å². The van der Waals surface area contributed by atoms with E-state index in [1.54, 1.807) is 0 Å². The number of aromatic nitrogens is 4. The molecule has 0 unspecified atom stereocenters. The Balaban J connectivity index is 1.37. The number of morpholine rings is 1. The number of rotatable bonds is 3. The molecule has 3 aliphatic rings. The summed E-state index contributed by atoms with van der Waals surface area (Å²) in [6, 6.07) is 0. The predicted molar refractivity (Wildman–Crippen MR) is 116 cm³/mol. The van der Waals surface area contributed by atoms with E-state index < -0.39 is 0 Å². The molecule has 4 heterocycles. The molecule has 1 spiro atoms. The number of aryl methyl sites for hydroxylation is 2. The number of hydrogen-bond donors (Lipinski definition) is 1. The van der Waals surface area contributed by atoms with Crippen molar-refractivity contribution in [3.63, 3.8) is 0 Å². The minimum absolute atomic E-state index is 0.00974. The van der Waals surface area contributed by atoms with E-state index in [4.69, 9.17) is 9.72 Å². The number of carbonyl (C=O) groups excluding carboxylic acids is 1. The Labute approximate surface area is 181 Å². The molecule has 1 N–H and O–H groups in total. The summed E-state index contributed by atoms with van der Waals surface area (Å²) in [5, 5.41) is 4.42. The van der Waals surface area contributed by atoms with Gasteiger partial charge in [0.1, 0.15) is 0 Å². The zero-order chi connectivity index (χ0) is 21.6.